The van der Waals surface area contributed by atoms with Gasteiger partial charge in [0, 0.05) is 13.1 Å². The van der Waals surface area contributed by atoms with Gasteiger partial charge < -0.3 is 10.0 Å². The molecular weight excluding hydrogens is 482 g/mol. The molecule has 2 saturated heterocycles. The number of carbonyl (C=O) groups is 3. The van der Waals surface area contributed by atoms with E-state index >= 15 is 0 Å². The summed E-state index contributed by atoms with van der Waals surface area (Å²) in [6, 6.07) is 8.14. The molecule has 0 radical (unpaired) electrons. The molecule has 194 valence electrons. The standard InChI is InChI=1S/C21H31N5O8S/c1-21(2,3)26(20(29)30)35(31,32)22-11-12-33-23-18(27)17-10-9-16-13-24(17)19(28)25(16)34-14-15-7-5-4-6-8-15/h4-8,16-17,22H,9-14H2,1-3H3,(H,23,27)(H,29,30)/t16-,17+/m1/s1. The van der Waals surface area contributed by atoms with Gasteiger partial charge in [0.2, 0.25) is 0 Å². The van der Waals surface area contributed by atoms with Gasteiger partial charge in [-0.3, -0.25) is 14.5 Å². The van der Waals surface area contributed by atoms with Crippen LogP contribution in [-0.2, 0) is 31.3 Å². The summed E-state index contributed by atoms with van der Waals surface area (Å²) in [5.74, 6) is -0.536. The first kappa shape index (κ1) is 26.7. The number of amides is 4. The molecule has 0 aromatic heterocycles. The molecule has 0 unspecified atom stereocenters. The number of nitrogens with one attached hydrogen (secondary N) is 2. The van der Waals surface area contributed by atoms with Gasteiger partial charge in [0.1, 0.15) is 12.6 Å². The summed E-state index contributed by atoms with van der Waals surface area (Å²) < 4.78 is 27.0. The van der Waals surface area contributed by atoms with Gasteiger partial charge in [-0.15, -0.1) is 0 Å². The van der Waals surface area contributed by atoms with Crippen LogP contribution < -0.4 is 10.2 Å². The molecular formula is C21H31N5O8S. The Kier molecular flexibility index (Phi) is 8.20. The highest BCUT2D eigenvalue weighted by Gasteiger charge is 2.48. The SMILES string of the molecule is CC(C)(C)N(C(=O)O)S(=O)(=O)NCCONC(=O)[C@@H]1CC[C@@H]2CN1C(=O)N2OCc1ccccc1. The number of benzene rings is 1. The van der Waals surface area contributed by atoms with E-state index in [1.807, 2.05) is 30.3 Å². The fraction of sp³-hybridized carbons (Fsp3) is 0.571. The number of hydrogen-bond donors (Lipinski definition) is 3. The van der Waals surface area contributed by atoms with E-state index in [-0.39, 0.29) is 25.8 Å². The minimum Gasteiger partial charge on any atom is -0.464 e. The van der Waals surface area contributed by atoms with Gasteiger partial charge in [0.15, 0.2) is 0 Å². The number of nitrogens with zero attached hydrogens (tertiary/aromatic N) is 3. The summed E-state index contributed by atoms with van der Waals surface area (Å²) in [6.45, 7) is 4.39. The van der Waals surface area contributed by atoms with Crippen LogP contribution in [0.5, 0.6) is 0 Å². The molecule has 3 rings (SSSR count). The summed E-state index contributed by atoms with van der Waals surface area (Å²) in [4.78, 5) is 48.9. The van der Waals surface area contributed by atoms with Crippen molar-refractivity contribution in [1.82, 2.24) is 24.5 Å². The van der Waals surface area contributed by atoms with Gasteiger partial charge in [0.05, 0.1) is 18.2 Å². The van der Waals surface area contributed by atoms with Crippen LogP contribution >= 0.6 is 0 Å². The first-order valence-electron chi connectivity index (χ1n) is 11.1. The Morgan fingerprint density at radius 2 is 1.89 bits per heavy atom. The second-order valence-corrected chi connectivity index (χ2v) is 10.8. The maximum absolute atomic E-state index is 12.8. The Hall–Kier alpha value is -2.94. The summed E-state index contributed by atoms with van der Waals surface area (Å²) in [5, 5.41) is 10.5. The van der Waals surface area contributed by atoms with E-state index in [9.17, 15) is 27.9 Å². The topological polar surface area (TPSA) is 158 Å². The van der Waals surface area contributed by atoms with Gasteiger partial charge in [-0.1, -0.05) is 30.3 Å². The lowest BCUT2D eigenvalue weighted by Crippen LogP contribution is -2.54. The molecule has 13 nitrogen and oxygen atoms in total. The number of hydrogen-bond acceptors (Lipinski definition) is 7. The molecule has 2 bridgehead atoms. The van der Waals surface area contributed by atoms with Crippen molar-refractivity contribution in [2.75, 3.05) is 19.7 Å². The maximum Gasteiger partial charge on any atom is 0.422 e. The van der Waals surface area contributed by atoms with E-state index in [0.717, 1.165) is 5.56 Å². The molecule has 2 heterocycles. The quantitative estimate of drug-likeness (QED) is 0.309. The lowest BCUT2D eigenvalue weighted by atomic mass is 10.0. The molecule has 0 spiro atoms. The Labute approximate surface area is 204 Å². The molecule has 2 fully saturated rings. The van der Waals surface area contributed by atoms with Crippen LogP contribution in [0.1, 0.15) is 39.2 Å². The second-order valence-electron chi connectivity index (χ2n) is 9.20. The van der Waals surface area contributed by atoms with Crippen molar-refractivity contribution in [3.05, 3.63) is 35.9 Å². The van der Waals surface area contributed by atoms with Crippen molar-refractivity contribution in [2.24, 2.45) is 0 Å². The molecule has 0 saturated carbocycles. The monoisotopic (exact) mass is 513 g/mol. The molecule has 14 heteroatoms. The van der Waals surface area contributed by atoms with Crippen LogP contribution in [0.15, 0.2) is 30.3 Å². The van der Waals surface area contributed by atoms with Gasteiger partial charge >= 0.3 is 22.3 Å². The minimum atomic E-state index is -4.33. The van der Waals surface area contributed by atoms with Gasteiger partial charge in [-0.25, -0.2) is 15.1 Å². The molecule has 3 N–H and O–H groups in total. The zero-order valence-electron chi connectivity index (χ0n) is 19.8. The van der Waals surface area contributed by atoms with E-state index < -0.39 is 39.8 Å². The fourth-order valence-electron chi connectivity index (χ4n) is 4.02. The van der Waals surface area contributed by atoms with Crippen molar-refractivity contribution in [3.63, 3.8) is 0 Å². The Morgan fingerprint density at radius 3 is 2.51 bits per heavy atom. The van der Waals surface area contributed by atoms with E-state index in [4.69, 9.17) is 9.68 Å². The molecule has 1 aromatic rings. The Balaban J connectivity index is 1.45. The number of piperidine rings is 1. The molecule has 4 amide bonds. The first-order chi connectivity index (χ1) is 16.4. The molecule has 2 atom stereocenters. The molecule has 1 aromatic carbocycles. The van der Waals surface area contributed by atoms with E-state index in [1.165, 1.54) is 30.7 Å². The van der Waals surface area contributed by atoms with Crippen LogP contribution in [0, 0.1) is 0 Å². The van der Waals surface area contributed by atoms with E-state index in [0.29, 0.717) is 23.7 Å². The highest BCUT2D eigenvalue weighted by molar-refractivity contribution is 7.87. The smallest absolute Gasteiger partial charge is 0.422 e. The minimum absolute atomic E-state index is 0.148. The van der Waals surface area contributed by atoms with Gasteiger partial charge in [-0.2, -0.15) is 22.5 Å². The van der Waals surface area contributed by atoms with Crippen molar-refractivity contribution >= 4 is 28.2 Å². The zero-order valence-corrected chi connectivity index (χ0v) is 20.7. The van der Waals surface area contributed by atoms with Crippen molar-refractivity contribution in [1.29, 1.82) is 0 Å². The van der Waals surface area contributed by atoms with Crippen LogP contribution in [0.2, 0.25) is 0 Å². The summed E-state index contributed by atoms with van der Waals surface area (Å²) in [7, 11) is -4.33. The Morgan fingerprint density at radius 1 is 1.20 bits per heavy atom. The largest absolute Gasteiger partial charge is 0.464 e. The lowest BCUT2D eigenvalue weighted by molar-refractivity contribution is -0.141. The predicted octanol–water partition coefficient (Wildman–Crippen LogP) is 1.05. The van der Waals surface area contributed by atoms with Gasteiger partial charge in [-0.05, 0) is 39.2 Å². The average molecular weight is 514 g/mol. The number of carboxylic acid groups (broad SMARTS) is 1. The van der Waals surface area contributed by atoms with Crippen LogP contribution in [0.25, 0.3) is 0 Å². The van der Waals surface area contributed by atoms with Crippen LogP contribution in [0.3, 0.4) is 0 Å². The summed E-state index contributed by atoms with van der Waals surface area (Å²) in [6.07, 6.45) is -0.623. The Bertz CT molecular complexity index is 1030. The van der Waals surface area contributed by atoms with Crippen molar-refractivity contribution < 1.29 is 37.6 Å². The van der Waals surface area contributed by atoms with Crippen LogP contribution in [-0.4, -0.2) is 83.1 Å². The summed E-state index contributed by atoms with van der Waals surface area (Å²) >= 11 is 0. The van der Waals surface area contributed by atoms with Crippen LogP contribution in [0.4, 0.5) is 9.59 Å². The first-order valence-corrected chi connectivity index (χ1v) is 12.6. The predicted molar refractivity (Wildman–Crippen MR) is 123 cm³/mol. The average Bonchev–Trinajstić information content (AvgIpc) is 3.00. The molecule has 0 aliphatic carbocycles. The molecule has 2 aliphatic heterocycles. The van der Waals surface area contributed by atoms with Crippen molar-refractivity contribution in [3.8, 4) is 0 Å². The van der Waals surface area contributed by atoms with Gasteiger partial charge in [0.25, 0.3) is 5.91 Å². The molecule has 2 aliphatic rings. The molecule has 35 heavy (non-hydrogen) atoms. The normalized spacial score (nSPS) is 20.1. The maximum atomic E-state index is 12.8. The highest BCUT2D eigenvalue weighted by Crippen LogP contribution is 2.30. The van der Waals surface area contributed by atoms with E-state index in [1.54, 1.807) is 0 Å². The summed E-state index contributed by atoms with van der Waals surface area (Å²) in [5.41, 5.74) is 1.97. The lowest BCUT2D eigenvalue weighted by Gasteiger charge is -2.31. The third kappa shape index (κ3) is 6.39. The number of carbonyl (C=O) groups excluding carboxylic acids is 2. The highest BCUT2D eigenvalue weighted by atomic mass is 32.2. The second kappa shape index (κ2) is 10.8. The zero-order chi connectivity index (χ0) is 25.8. The van der Waals surface area contributed by atoms with E-state index in [2.05, 4.69) is 10.2 Å². The van der Waals surface area contributed by atoms with Crippen molar-refractivity contribution in [2.45, 2.75) is 57.8 Å². The number of fused-ring (bicyclic) bond motifs is 2. The number of rotatable bonds is 10. The fourth-order valence-corrected chi connectivity index (χ4v) is 5.41. The third-order valence-electron chi connectivity index (χ3n) is 5.52. The number of urea groups is 1. The number of hydroxylamine groups is 3. The third-order valence-corrected chi connectivity index (χ3v) is 7.28.